The predicted octanol–water partition coefficient (Wildman–Crippen LogP) is 5.13. The standard InChI is InChI=1S/C13H7Cl3O/c14-11-3-10(4-12(15)6-11)8-1-2-9(7-17)13(16)5-8/h1-7H. The lowest BCUT2D eigenvalue weighted by Gasteiger charge is -2.05. The van der Waals surface area contributed by atoms with Gasteiger partial charge in [-0.05, 0) is 41.5 Å². The molecule has 0 amide bonds. The number of benzene rings is 2. The fourth-order valence-electron chi connectivity index (χ4n) is 1.52. The van der Waals surface area contributed by atoms with Gasteiger partial charge in [-0.2, -0.15) is 0 Å². The Bertz CT molecular complexity index is 559. The molecule has 1 nitrogen and oxygen atoms in total. The van der Waals surface area contributed by atoms with Crippen molar-refractivity contribution in [1.29, 1.82) is 0 Å². The Morgan fingerprint density at radius 1 is 0.824 bits per heavy atom. The molecule has 2 aromatic rings. The molecule has 0 atom stereocenters. The molecule has 0 radical (unpaired) electrons. The van der Waals surface area contributed by atoms with Gasteiger partial charge in [0, 0.05) is 15.6 Å². The molecule has 0 unspecified atom stereocenters. The van der Waals surface area contributed by atoms with Gasteiger partial charge in [0.15, 0.2) is 6.29 Å². The zero-order chi connectivity index (χ0) is 12.4. The van der Waals surface area contributed by atoms with Crippen molar-refractivity contribution in [2.45, 2.75) is 0 Å². The summed E-state index contributed by atoms with van der Waals surface area (Å²) in [6.45, 7) is 0. The van der Waals surface area contributed by atoms with E-state index < -0.39 is 0 Å². The summed E-state index contributed by atoms with van der Waals surface area (Å²) in [5.41, 5.74) is 2.19. The van der Waals surface area contributed by atoms with Crippen molar-refractivity contribution >= 4 is 41.1 Å². The molecule has 0 aliphatic rings. The molecule has 0 aliphatic heterocycles. The summed E-state index contributed by atoms with van der Waals surface area (Å²) in [5.74, 6) is 0. The molecular formula is C13H7Cl3O. The van der Waals surface area contributed by atoms with Gasteiger partial charge in [0.1, 0.15) is 0 Å². The Morgan fingerprint density at radius 2 is 1.47 bits per heavy atom. The van der Waals surface area contributed by atoms with E-state index in [1.807, 2.05) is 0 Å². The maximum atomic E-state index is 10.7. The van der Waals surface area contributed by atoms with Crippen molar-refractivity contribution in [3.8, 4) is 11.1 Å². The van der Waals surface area contributed by atoms with Crippen LogP contribution in [0.1, 0.15) is 10.4 Å². The summed E-state index contributed by atoms with van der Waals surface area (Å²) in [6, 6.07) is 10.4. The number of rotatable bonds is 2. The van der Waals surface area contributed by atoms with Crippen molar-refractivity contribution in [3.05, 3.63) is 57.0 Å². The molecule has 0 N–H and O–H groups in total. The molecule has 0 aromatic heterocycles. The molecule has 0 fully saturated rings. The van der Waals surface area contributed by atoms with Crippen LogP contribution < -0.4 is 0 Å². The van der Waals surface area contributed by atoms with E-state index in [1.165, 1.54) is 0 Å². The highest BCUT2D eigenvalue weighted by Crippen LogP contribution is 2.29. The molecule has 0 saturated heterocycles. The first kappa shape index (κ1) is 12.4. The number of hydrogen-bond donors (Lipinski definition) is 0. The van der Waals surface area contributed by atoms with Gasteiger partial charge in [-0.1, -0.05) is 40.9 Å². The van der Waals surface area contributed by atoms with E-state index in [2.05, 4.69) is 0 Å². The van der Waals surface area contributed by atoms with Crippen LogP contribution in [0.3, 0.4) is 0 Å². The molecule has 2 rings (SSSR count). The van der Waals surface area contributed by atoms with E-state index in [1.54, 1.807) is 36.4 Å². The van der Waals surface area contributed by atoms with Gasteiger partial charge in [0.2, 0.25) is 0 Å². The summed E-state index contributed by atoms with van der Waals surface area (Å²) in [4.78, 5) is 10.7. The number of aldehydes is 1. The Labute approximate surface area is 114 Å². The van der Waals surface area contributed by atoms with Gasteiger partial charge in [0.25, 0.3) is 0 Å². The number of halogens is 3. The Balaban J connectivity index is 2.53. The lowest BCUT2D eigenvalue weighted by atomic mass is 10.0. The average Bonchev–Trinajstić information content (AvgIpc) is 2.27. The fraction of sp³-hybridized carbons (Fsp3) is 0. The summed E-state index contributed by atoms with van der Waals surface area (Å²) in [7, 11) is 0. The molecule has 0 heterocycles. The summed E-state index contributed by atoms with van der Waals surface area (Å²) < 4.78 is 0. The highest BCUT2D eigenvalue weighted by molar-refractivity contribution is 6.35. The molecule has 0 spiro atoms. The van der Waals surface area contributed by atoms with Crippen LogP contribution in [0.15, 0.2) is 36.4 Å². The zero-order valence-corrected chi connectivity index (χ0v) is 10.9. The minimum atomic E-state index is 0.411. The van der Waals surface area contributed by atoms with Crippen LogP contribution in [-0.2, 0) is 0 Å². The van der Waals surface area contributed by atoms with E-state index >= 15 is 0 Å². The topological polar surface area (TPSA) is 17.1 Å². The van der Waals surface area contributed by atoms with Crippen LogP contribution in [0, 0.1) is 0 Å². The molecule has 2 aromatic carbocycles. The maximum Gasteiger partial charge on any atom is 0.151 e. The second kappa shape index (κ2) is 5.09. The van der Waals surface area contributed by atoms with Gasteiger partial charge in [-0.15, -0.1) is 0 Å². The van der Waals surface area contributed by atoms with Gasteiger partial charge in [-0.25, -0.2) is 0 Å². The van der Waals surface area contributed by atoms with E-state index in [9.17, 15) is 4.79 Å². The SMILES string of the molecule is O=Cc1ccc(-c2cc(Cl)cc(Cl)c2)cc1Cl. The first-order valence-electron chi connectivity index (χ1n) is 4.81. The van der Waals surface area contributed by atoms with Crippen LogP contribution in [0.2, 0.25) is 15.1 Å². The second-order valence-corrected chi connectivity index (χ2v) is 4.79. The molecule has 17 heavy (non-hydrogen) atoms. The minimum Gasteiger partial charge on any atom is -0.298 e. The highest BCUT2D eigenvalue weighted by Gasteiger charge is 2.05. The Morgan fingerprint density at radius 3 is 2.00 bits per heavy atom. The van der Waals surface area contributed by atoms with E-state index in [0.29, 0.717) is 20.6 Å². The molecule has 0 saturated carbocycles. The molecule has 86 valence electrons. The van der Waals surface area contributed by atoms with Gasteiger partial charge in [0.05, 0.1) is 5.02 Å². The van der Waals surface area contributed by atoms with Crippen molar-refractivity contribution < 1.29 is 4.79 Å². The van der Waals surface area contributed by atoms with E-state index in [4.69, 9.17) is 34.8 Å². The monoisotopic (exact) mass is 284 g/mol. The molecule has 4 heteroatoms. The molecular weight excluding hydrogens is 279 g/mol. The first-order chi connectivity index (χ1) is 8.10. The number of carbonyl (C=O) groups is 1. The average molecular weight is 286 g/mol. The smallest absolute Gasteiger partial charge is 0.151 e. The van der Waals surface area contributed by atoms with Crippen molar-refractivity contribution in [3.63, 3.8) is 0 Å². The lowest BCUT2D eigenvalue weighted by molar-refractivity contribution is 0.112. The molecule has 0 bridgehead atoms. The van der Waals surface area contributed by atoms with Gasteiger partial charge in [-0.3, -0.25) is 4.79 Å². The van der Waals surface area contributed by atoms with Crippen molar-refractivity contribution in [1.82, 2.24) is 0 Å². The third-order valence-corrected chi connectivity index (χ3v) is 3.09. The molecule has 0 aliphatic carbocycles. The third kappa shape index (κ3) is 2.81. The van der Waals surface area contributed by atoms with Crippen LogP contribution in [0.4, 0.5) is 0 Å². The zero-order valence-electron chi connectivity index (χ0n) is 8.58. The minimum absolute atomic E-state index is 0.411. The third-order valence-electron chi connectivity index (χ3n) is 2.32. The largest absolute Gasteiger partial charge is 0.298 e. The quantitative estimate of drug-likeness (QED) is 0.699. The van der Waals surface area contributed by atoms with Crippen LogP contribution in [0.5, 0.6) is 0 Å². The number of carbonyl (C=O) groups excluding carboxylic acids is 1. The summed E-state index contributed by atoms with van der Waals surface area (Å²) in [6.07, 6.45) is 0.719. The van der Waals surface area contributed by atoms with Crippen molar-refractivity contribution in [2.24, 2.45) is 0 Å². The summed E-state index contributed by atoms with van der Waals surface area (Å²) >= 11 is 17.8. The number of hydrogen-bond acceptors (Lipinski definition) is 1. The van der Waals surface area contributed by atoms with Crippen molar-refractivity contribution in [2.75, 3.05) is 0 Å². The lowest BCUT2D eigenvalue weighted by Crippen LogP contribution is -1.84. The summed E-state index contributed by atoms with van der Waals surface area (Å²) in [5, 5.41) is 1.53. The Kier molecular flexibility index (Phi) is 3.72. The van der Waals surface area contributed by atoms with E-state index in [0.717, 1.165) is 17.4 Å². The second-order valence-electron chi connectivity index (χ2n) is 3.51. The van der Waals surface area contributed by atoms with Crippen LogP contribution in [0.25, 0.3) is 11.1 Å². The van der Waals surface area contributed by atoms with E-state index in [-0.39, 0.29) is 0 Å². The maximum absolute atomic E-state index is 10.7. The fourth-order valence-corrected chi connectivity index (χ4v) is 2.27. The normalized spacial score (nSPS) is 10.3. The predicted molar refractivity (Wildman–Crippen MR) is 72.3 cm³/mol. The Hall–Kier alpha value is -1.02. The van der Waals surface area contributed by atoms with Crippen LogP contribution in [-0.4, -0.2) is 6.29 Å². The van der Waals surface area contributed by atoms with Gasteiger partial charge < -0.3 is 0 Å². The van der Waals surface area contributed by atoms with Gasteiger partial charge >= 0.3 is 0 Å². The highest BCUT2D eigenvalue weighted by atomic mass is 35.5. The first-order valence-corrected chi connectivity index (χ1v) is 5.95. The van der Waals surface area contributed by atoms with Crippen LogP contribution >= 0.6 is 34.8 Å².